The maximum atomic E-state index is 11.2. The van der Waals surface area contributed by atoms with Crippen molar-refractivity contribution < 1.29 is 14.6 Å². The molecule has 2 aromatic rings. The van der Waals surface area contributed by atoms with Crippen LogP contribution < -0.4 is 4.74 Å². The number of carboxylic acids is 1. The van der Waals surface area contributed by atoms with Crippen molar-refractivity contribution in [2.45, 2.75) is 12.3 Å². The molecule has 0 saturated heterocycles. The minimum absolute atomic E-state index is 0.0308. The number of methoxy groups -OCH3 is 1. The highest BCUT2D eigenvalue weighted by Gasteiger charge is 2.19. The lowest BCUT2D eigenvalue weighted by atomic mass is 9.94. The lowest BCUT2D eigenvalue weighted by Gasteiger charge is -2.10. The molecule has 0 aliphatic heterocycles. The minimum atomic E-state index is -0.977. The molecule has 0 bridgehead atoms. The third kappa shape index (κ3) is 2.66. The molecule has 1 unspecified atom stereocenters. The molecule has 0 amide bonds. The van der Waals surface area contributed by atoms with Gasteiger partial charge in [0.15, 0.2) is 0 Å². The zero-order valence-corrected chi connectivity index (χ0v) is 10.5. The molecule has 2 rings (SSSR count). The standard InChI is InChI=1S/C15H13NO3/c1-19-13-5-4-10-8-12(3-2-11(10)9-13)14(6-7-16)15(17)18/h2-5,8-9,14H,6H2,1H3,(H,17,18). The van der Waals surface area contributed by atoms with E-state index < -0.39 is 11.9 Å². The van der Waals surface area contributed by atoms with Crippen LogP contribution in [-0.2, 0) is 4.79 Å². The van der Waals surface area contributed by atoms with Crippen molar-refractivity contribution in [1.29, 1.82) is 5.26 Å². The highest BCUT2D eigenvalue weighted by atomic mass is 16.5. The van der Waals surface area contributed by atoms with Gasteiger partial charge in [-0.3, -0.25) is 4.79 Å². The van der Waals surface area contributed by atoms with Crippen molar-refractivity contribution in [3.8, 4) is 11.8 Å². The number of fused-ring (bicyclic) bond motifs is 1. The molecule has 0 radical (unpaired) electrons. The molecule has 1 N–H and O–H groups in total. The van der Waals surface area contributed by atoms with Gasteiger partial charge < -0.3 is 9.84 Å². The molecule has 4 heteroatoms. The van der Waals surface area contributed by atoms with Crippen LogP contribution in [0.25, 0.3) is 10.8 Å². The Labute approximate surface area is 110 Å². The van der Waals surface area contributed by atoms with Crippen LogP contribution in [0, 0.1) is 11.3 Å². The number of benzene rings is 2. The molecule has 0 fully saturated rings. The highest BCUT2D eigenvalue weighted by Crippen LogP contribution is 2.26. The third-order valence-electron chi connectivity index (χ3n) is 3.07. The number of rotatable bonds is 4. The molecule has 4 nitrogen and oxygen atoms in total. The van der Waals surface area contributed by atoms with Crippen LogP contribution in [-0.4, -0.2) is 18.2 Å². The van der Waals surface area contributed by atoms with E-state index in [2.05, 4.69) is 0 Å². The van der Waals surface area contributed by atoms with E-state index in [1.165, 1.54) is 0 Å². The van der Waals surface area contributed by atoms with Gasteiger partial charge in [-0.2, -0.15) is 5.26 Å². The van der Waals surface area contributed by atoms with Gasteiger partial charge in [-0.15, -0.1) is 0 Å². The number of carboxylic acid groups (broad SMARTS) is 1. The predicted molar refractivity (Wildman–Crippen MR) is 71.1 cm³/mol. The molecule has 0 spiro atoms. The summed E-state index contributed by atoms with van der Waals surface area (Å²) in [6.45, 7) is 0. The van der Waals surface area contributed by atoms with E-state index >= 15 is 0 Å². The van der Waals surface area contributed by atoms with E-state index in [1.807, 2.05) is 36.4 Å². The van der Waals surface area contributed by atoms with Crippen LogP contribution >= 0.6 is 0 Å². The van der Waals surface area contributed by atoms with Gasteiger partial charge in [0.1, 0.15) is 5.75 Å². The molecule has 0 heterocycles. The number of ether oxygens (including phenoxy) is 1. The van der Waals surface area contributed by atoms with Crippen LogP contribution in [0.15, 0.2) is 36.4 Å². The van der Waals surface area contributed by atoms with Crippen LogP contribution in [0.2, 0.25) is 0 Å². The molecule has 0 aliphatic rings. The van der Waals surface area contributed by atoms with Gasteiger partial charge in [0.25, 0.3) is 0 Å². The fourth-order valence-corrected chi connectivity index (χ4v) is 2.03. The molecular formula is C15H13NO3. The van der Waals surface area contributed by atoms with E-state index in [1.54, 1.807) is 13.2 Å². The Balaban J connectivity index is 2.46. The van der Waals surface area contributed by atoms with Gasteiger partial charge in [0, 0.05) is 0 Å². The van der Waals surface area contributed by atoms with Gasteiger partial charge in [-0.05, 0) is 28.5 Å². The van der Waals surface area contributed by atoms with Crippen molar-refractivity contribution in [3.05, 3.63) is 42.0 Å². The molecule has 0 saturated carbocycles. The van der Waals surface area contributed by atoms with Crippen LogP contribution in [0.3, 0.4) is 0 Å². The number of hydrogen-bond donors (Lipinski definition) is 1. The zero-order valence-electron chi connectivity index (χ0n) is 10.5. The van der Waals surface area contributed by atoms with Crippen LogP contribution in [0.1, 0.15) is 17.9 Å². The predicted octanol–water partition coefficient (Wildman–Crippen LogP) is 2.93. The third-order valence-corrected chi connectivity index (χ3v) is 3.07. The minimum Gasteiger partial charge on any atom is -0.497 e. The molecule has 0 aliphatic carbocycles. The lowest BCUT2D eigenvalue weighted by molar-refractivity contribution is -0.138. The Morgan fingerprint density at radius 2 is 2.00 bits per heavy atom. The largest absolute Gasteiger partial charge is 0.497 e. The number of hydrogen-bond acceptors (Lipinski definition) is 3. The van der Waals surface area contributed by atoms with Gasteiger partial charge >= 0.3 is 5.97 Å². The first-order valence-corrected chi connectivity index (χ1v) is 5.83. The highest BCUT2D eigenvalue weighted by molar-refractivity contribution is 5.86. The van der Waals surface area contributed by atoms with Crippen LogP contribution in [0.4, 0.5) is 0 Å². The number of carbonyl (C=O) groups is 1. The Morgan fingerprint density at radius 3 is 2.63 bits per heavy atom. The van der Waals surface area contributed by atoms with Gasteiger partial charge in [0.05, 0.1) is 25.5 Å². The quantitative estimate of drug-likeness (QED) is 0.911. The Kier molecular flexibility index (Phi) is 3.67. The van der Waals surface area contributed by atoms with Gasteiger partial charge in [-0.1, -0.05) is 24.3 Å². The summed E-state index contributed by atoms with van der Waals surface area (Å²) in [6, 6.07) is 12.9. The summed E-state index contributed by atoms with van der Waals surface area (Å²) >= 11 is 0. The van der Waals surface area contributed by atoms with E-state index in [-0.39, 0.29) is 6.42 Å². The SMILES string of the molecule is COc1ccc2cc(C(CC#N)C(=O)O)ccc2c1. The summed E-state index contributed by atoms with van der Waals surface area (Å²) in [4.78, 5) is 11.2. The second kappa shape index (κ2) is 5.40. The fourth-order valence-electron chi connectivity index (χ4n) is 2.03. The van der Waals surface area contributed by atoms with Crippen molar-refractivity contribution in [2.75, 3.05) is 7.11 Å². The summed E-state index contributed by atoms with van der Waals surface area (Å²) in [7, 11) is 1.60. The first kappa shape index (κ1) is 12.9. The molecule has 0 aromatic heterocycles. The molecule has 1 atom stereocenters. The van der Waals surface area contributed by atoms with E-state index in [9.17, 15) is 4.79 Å². The molecule has 96 valence electrons. The Bertz CT molecular complexity index is 658. The second-order valence-electron chi connectivity index (χ2n) is 4.23. The number of nitrogens with zero attached hydrogens (tertiary/aromatic N) is 1. The average Bonchev–Trinajstić information content (AvgIpc) is 2.43. The van der Waals surface area contributed by atoms with Crippen LogP contribution in [0.5, 0.6) is 5.75 Å². The fraction of sp³-hybridized carbons (Fsp3) is 0.200. The number of aliphatic carboxylic acids is 1. The Morgan fingerprint density at radius 1 is 1.32 bits per heavy atom. The van der Waals surface area contributed by atoms with Gasteiger partial charge in [0.2, 0.25) is 0 Å². The second-order valence-corrected chi connectivity index (χ2v) is 4.23. The number of nitriles is 1. The average molecular weight is 255 g/mol. The van der Waals surface area contributed by atoms with E-state index in [0.717, 1.165) is 16.5 Å². The first-order valence-electron chi connectivity index (χ1n) is 5.83. The zero-order chi connectivity index (χ0) is 13.8. The molecule has 2 aromatic carbocycles. The van der Waals surface area contributed by atoms with Gasteiger partial charge in [-0.25, -0.2) is 0 Å². The van der Waals surface area contributed by atoms with Crippen molar-refractivity contribution in [2.24, 2.45) is 0 Å². The van der Waals surface area contributed by atoms with Crippen molar-refractivity contribution >= 4 is 16.7 Å². The monoisotopic (exact) mass is 255 g/mol. The Hall–Kier alpha value is -2.54. The summed E-state index contributed by atoms with van der Waals surface area (Å²) < 4.78 is 5.14. The van der Waals surface area contributed by atoms with E-state index in [4.69, 9.17) is 15.1 Å². The van der Waals surface area contributed by atoms with E-state index in [0.29, 0.717) is 5.56 Å². The lowest BCUT2D eigenvalue weighted by Crippen LogP contribution is -2.10. The maximum absolute atomic E-state index is 11.2. The summed E-state index contributed by atoms with van der Waals surface area (Å²) in [5, 5.41) is 19.7. The summed E-state index contributed by atoms with van der Waals surface area (Å²) in [5.41, 5.74) is 0.645. The summed E-state index contributed by atoms with van der Waals surface area (Å²) in [6.07, 6.45) is -0.0308. The van der Waals surface area contributed by atoms with Crippen molar-refractivity contribution in [3.63, 3.8) is 0 Å². The molecule has 19 heavy (non-hydrogen) atoms. The van der Waals surface area contributed by atoms with Crippen molar-refractivity contribution in [1.82, 2.24) is 0 Å². The molecular weight excluding hydrogens is 242 g/mol. The smallest absolute Gasteiger partial charge is 0.312 e. The normalized spacial score (nSPS) is 11.8. The first-order chi connectivity index (χ1) is 9.15. The maximum Gasteiger partial charge on any atom is 0.312 e. The summed E-state index contributed by atoms with van der Waals surface area (Å²) in [5.74, 6) is -1.00. The topological polar surface area (TPSA) is 70.3 Å².